The van der Waals surface area contributed by atoms with E-state index in [0.717, 1.165) is 11.1 Å². The molecule has 0 N–H and O–H groups in total. The zero-order chi connectivity index (χ0) is 19.5. The molecule has 0 unspecified atom stereocenters. The fourth-order valence-electron chi connectivity index (χ4n) is 3.03. The minimum atomic E-state index is -0.508. The highest BCUT2D eigenvalue weighted by Gasteiger charge is 2.46. The summed E-state index contributed by atoms with van der Waals surface area (Å²) in [5.74, 6) is 0.348. The summed E-state index contributed by atoms with van der Waals surface area (Å²) < 4.78 is 11.4. The molecule has 0 bridgehead atoms. The Morgan fingerprint density at radius 1 is 0.964 bits per heavy atom. The van der Waals surface area contributed by atoms with E-state index >= 15 is 0 Å². The second kappa shape index (κ2) is 7.62. The zero-order valence-corrected chi connectivity index (χ0v) is 14.9. The molecule has 0 amide bonds. The molecule has 1 fully saturated rings. The average Bonchev–Trinajstić information content (AvgIpc) is 3.54. The van der Waals surface area contributed by atoms with Crippen LogP contribution in [0.3, 0.4) is 0 Å². The van der Waals surface area contributed by atoms with E-state index in [1.54, 1.807) is 36.4 Å². The number of nitrogens with zero attached hydrogens (tertiary/aromatic N) is 1. The van der Waals surface area contributed by atoms with Crippen LogP contribution in [0.15, 0.2) is 78.9 Å². The lowest BCUT2D eigenvalue weighted by Gasteiger charge is -2.10. The molecule has 1 saturated heterocycles. The summed E-state index contributed by atoms with van der Waals surface area (Å²) in [7, 11) is 0. The Balaban J connectivity index is 1.45. The maximum atomic E-state index is 12.9. The number of Topliss-reactive ketones (excluding diaryl/α,β-unsaturated/α-hetero) is 1. The van der Waals surface area contributed by atoms with Crippen molar-refractivity contribution in [2.45, 2.75) is 18.8 Å². The van der Waals surface area contributed by atoms with E-state index in [0.29, 0.717) is 11.3 Å². The molecule has 3 aromatic carbocycles. The Labute approximate surface area is 161 Å². The van der Waals surface area contributed by atoms with Gasteiger partial charge in [-0.05, 0) is 35.4 Å². The van der Waals surface area contributed by atoms with Gasteiger partial charge in [-0.25, -0.2) is 0 Å². The van der Waals surface area contributed by atoms with Gasteiger partial charge in [0.1, 0.15) is 18.5 Å². The number of rotatable bonds is 7. The van der Waals surface area contributed by atoms with Crippen molar-refractivity contribution in [3.8, 4) is 5.75 Å². The van der Waals surface area contributed by atoms with Crippen LogP contribution in [-0.2, 0) is 11.3 Å². The smallest absolute Gasteiger partial charge is 0.269 e. The van der Waals surface area contributed by atoms with Crippen LogP contribution in [0, 0.1) is 10.1 Å². The highest BCUT2D eigenvalue weighted by Crippen LogP contribution is 2.41. The third-order valence-corrected chi connectivity index (χ3v) is 4.57. The van der Waals surface area contributed by atoms with E-state index in [-0.39, 0.29) is 24.2 Å². The molecule has 2 atom stereocenters. The number of non-ortho nitro benzene ring substituents is 1. The lowest BCUT2D eigenvalue weighted by atomic mass is 10.0. The second-order valence-electron chi connectivity index (χ2n) is 6.46. The Morgan fingerprint density at radius 2 is 1.64 bits per heavy atom. The Hall–Kier alpha value is -3.51. The highest BCUT2D eigenvalue weighted by atomic mass is 16.6. The van der Waals surface area contributed by atoms with Crippen LogP contribution < -0.4 is 4.74 Å². The van der Waals surface area contributed by atoms with Crippen LogP contribution in [0.5, 0.6) is 5.75 Å². The van der Waals surface area contributed by atoms with Gasteiger partial charge in [-0.1, -0.05) is 42.5 Å². The number of carbonyl (C=O) groups is 1. The molecule has 140 valence electrons. The third kappa shape index (κ3) is 3.77. The van der Waals surface area contributed by atoms with Crippen molar-refractivity contribution in [2.24, 2.45) is 0 Å². The van der Waals surface area contributed by atoms with Crippen molar-refractivity contribution >= 4 is 11.5 Å². The first kappa shape index (κ1) is 17.9. The summed E-state index contributed by atoms with van der Waals surface area (Å²) in [6.45, 7) is 0.204. The number of hydrogen-bond donors (Lipinski definition) is 0. The second-order valence-corrected chi connectivity index (χ2v) is 6.46. The average molecular weight is 375 g/mol. The van der Waals surface area contributed by atoms with Gasteiger partial charge in [-0.3, -0.25) is 14.9 Å². The molecule has 4 rings (SSSR count). The van der Waals surface area contributed by atoms with Crippen molar-refractivity contribution in [2.75, 3.05) is 0 Å². The van der Waals surface area contributed by atoms with Gasteiger partial charge in [-0.2, -0.15) is 0 Å². The topological polar surface area (TPSA) is 82.0 Å². The monoisotopic (exact) mass is 375 g/mol. The molecule has 0 spiro atoms. The summed E-state index contributed by atoms with van der Waals surface area (Å²) in [6.07, 6.45) is -0.733. The number of para-hydroxylation sites is 1. The van der Waals surface area contributed by atoms with Crippen LogP contribution in [0.2, 0.25) is 0 Å². The summed E-state index contributed by atoms with van der Waals surface area (Å²) in [4.78, 5) is 23.2. The van der Waals surface area contributed by atoms with E-state index in [1.165, 1.54) is 12.1 Å². The summed E-state index contributed by atoms with van der Waals surface area (Å²) in [6, 6.07) is 22.8. The van der Waals surface area contributed by atoms with Crippen molar-refractivity contribution < 1.29 is 19.2 Å². The standard InChI is InChI=1S/C22H17NO5/c24-20(22-21(28-22)16-6-2-1-3-7-16)18-8-4-5-9-19(18)27-14-15-10-12-17(13-11-15)23(25)26/h1-13,21-22H,14H2/t21-,22+/m1/s1. The van der Waals surface area contributed by atoms with Crippen LogP contribution in [-0.4, -0.2) is 16.8 Å². The largest absolute Gasteiger partial charge is 0.488 e. The molecule has 6 heteroatoms. The van der Waals surface area contributed by atoms with Gasteiger partial charge in [0.05, 0.1) is 10.5 Å². The number of nitro groups is 1. The minimum absolute atomic E-state index is 0.0252. The van der Waals surface area contributed by atoms with Gasteiger partial charge >= 0.3 is 0 Å². The molecule has 28 heavy (non-hydrogen) atoms. The third-order valence-electron chi connectivity index (χ3n) is 4.57. The van der Waals surface area contributed by atoms with E-state index in [9.17, 15) is 14.9 Å². The summed E-state index contributed by atoms with van der Waals surface area (Å²) in [5, 5.41) is 10.7. The molecule has 1 aliphatic heterocycles. The van der Waals surface area contributed by atoms with E-state index in [2.05, 4.69) is 0 Å². The van der Waals surface area contributed by atoms with Gasteiger partial charge in [0, 0.05) is 12.1 Å². The Morgan fingerprint density at radius 3 is 2.36 bits per heavy atom. The lowest BCUT2D eigenvalue weighted by Crippen LogP contribution is -2.10. The van der Waals surface area contributed by atoms with Crippen LogP contribution >= 0.6 is 0 Å². The number of carbonyl (C=O) groups excluding carboxylic acids is 1. The maximum Gasteiger partial charge on any atom is 0.269 e. The Kier molecular flexibility index (Phi) is 4.87. The molecule has 1 heterocycles. The van der Waals surface area contributed by atoms with Crippen molar-refractivity contribution in [3.63, 3.8) is 0 Å². The Bertz CT molecular complexity index is 1000. The van der Waals surface area contributed by atoms with Crippen LogP contribution in [0.4, 0.5) is 5.69 Å². The first-order chi connectivity index (χ1) is 13.6. The molecule has 1 aliphatic rings. The number of ether oxygens (including phenoxy) is 2. The quantitative estimate of drug-likeness (QED) is 0.263. The van der Waals surface area contributed by atoms with Crippen molar-refractivity contribution in [3.05, 3.63) is 106 Å². The predicted molar refractivity (Wildman–Crippen MR) is 102 cm³/mol. The van der Waals surface area contributed by atoms with Gasteiger partial charge < -0.3 is 9.47 Å². The van der Waals surface area contributed by atoms with Crippen molar-refractivity contribution in [1.82, 2.24) is 0 Å². The first-order valence-corrected chi connectivity index (χ1v) is 8.83. The van der Waals surface area contributed by atoms with Gasteiger partial charge in [0.2, 0.25) is 0 Å². The van der Waals surface area contributed by atoms with E-state index < -0.39 is 11.0 Å². The molecule has 6 nitrogen and oxygen atoms in total. The number of benzene rings is 3. The number of epoxide rings is 1. The fraction of sp³-hybridized carbons (Fsp3) is 0.136. The maximum absolute atomic E-state index is 12.9. The summed E-state index contributed by atoms with van der Waals surface area (Å²) in [5.41, 5.74) is 2.24. The lowest BCUT2D eigenvalue weighted by molar-refractivity contribution is -0.384. The van der Waals surface area contributed by atoms with Crippen molar-refractivity contribution in [1.29, 1.82) is 0 Å². The fourth-order valence-corrected chi connectivity index (χ4v) is 3.03. The molecule has 0 saturated carbocycles. The molecule has 0 radical (unpaired) electrons. The number of hydrogen-bond acceptors (Lipinski definition) is 5. The molecule has 0 aliphatic carbocycles. The normalized spacial score (nSPS) is 17.7. The van der Waals surface area contributed by atoms with Gasteiger partial charge in [0.25, 0.3) is 5.69 Å². The highest BCUT2D eigenvalue weighted by molar-refractivity contribution is 6.03. The van der Waals surface area contributed by atoms with Gasteiger partial charge in [-0.15, -0.1) is 0 Å². The predicted octanol–water partition coefficient (Wildman–Crippen LogP) is 4.50. The van der Waals surface area contributed by atoms with Crippen LogP contribution in [0.25, 0.3) is 0 Å². The molecular weight excluding hydrogens is 358 g/mol. The zero-order valence-electron chi connectivity index (χ0n) is 14.9. The van der Waals surface area contributed by atoms with E-state index in [1.807, 2.05) is 30.3 Å². The van der Waals surface area contributed by atoms with Gasteiger partial charge in [0.15, 0.2) is 11.9 Å². The molecular formula is C22H17NO5. The first-order valence-electron chi connectivity index (χ1n) is 8.83. The SMILES string of the molecule is O=C(c1ccccc1OCc1ccc([N+](=O)[O-])cc1)[C@@H]1O[C@@H]1c1ccccc1. The van der Waals surface area contributed by atoms with E-state index in [4.69, 9.17) is 9.47 Å². The summed E-state index contributed by atoms with van der Waals surface area (Å²) >= 11 is 0. The number of nitro benzene ring substituents is 1. The minimum Gasteiger partial charge on any atom is -0.488 e. The molecule has 3 aromatic rings. The molecule has 0 aromatic heterocycles. The van der Waals surface area contributed by atoms with Crippen LogP contribution in [0.1, 0.15) is 27.6 Å². The number of ketones is 1.